The Kier molecular flexibility index (Phi) is 3.65. The lowest BCUT2D eigenvalue weighted by Crippen LogP contribution is -2.24. The lowest BCUT2D eigenvalue weighted by atomic mass is 9.96. The van der Waals surface area contributed by atoms with Gasteiger partial charge in [-0.1, -0.05) is 24.6 Å². The van der Waals surface area contributed by atoms with Crippen LogP contribution >= 0.6 is 0 Å². The normalized spacial score (nSPS) is 22.8. The second-order valence-corrected chi connectivity index (χ2v) is 5.44. The number of aromatic nitrogens is 1. The first-order valence-corrected chi connectivity index (χ1v) is 7.16. The topological polar surface area (TPSA) is 50.9 Å². The molecule has 0 saturated heterocycles. The molecule has 2 aromatic rings. The second-order valence-electron chi connectivity index (χ2n) is 5.44. The van der Waals surface area contributed by atoms with Crippen LogP contribution in [0.25, 0.3) is 10.9 Å². The predicted molar refractivity (Wildman–Crippen MR) is 80.1 cm³/mol. The summed E-state index contributed by atoms with van der Waals surface area (Å²) in [5.74, 6) is 1.41. The monoisotopic (exact) mass is 255 g/mol. The van der Waals surface area contributed by atoms with Crippen molar-refractivity contribution in [1.82, 2.24) is 4.98 Å². The second kappa shape index (κ2) is 5.57. The molecule has 3 N–H and O–H groups in total. The minimum atomic E-state index is 0.695. The molecule has 3 nitrogen and oxygen atoms in total. The lowest BCUT2D eigenvalue weighted by molar-refractivity contribution is 0.414. The first-order valence-electron chi connectivity index (χ1n) is 7.16. The molecule has 0 spiro atoms. The van der Waals surface area contributed by atoms with E-state index < -0.39 is 0 Å². The van der Waals surface area contributed by atoms with Crippen molar-refractivity contribution < 1.29 is 0 Å². The van der Waals surface area contributed by atoms with Gasteiger partial charge in [-0.2, -0.15) is 0 Å². The Balaban J connectivity index is 1.75. The molecule has 1 aliphatic carbocycles. The van der Waals surface area contributed by atoms with Crippen molar-refractivity contribution >= 4 is 16.6 Å². The number of rotatable bonds is 4. The van der Waals surface area contributed by atoms with Crippen LogP contribution in [0.2, 0.25) is 0 Å². The fourth-order valence-corrected chi connectivity index (χ4v) is 3.18. The highest BCUT2D eigenvalue weighted by atomic mass is 14.9. The summed E-state index contributed by atoms with van der Waals surface area (Å²) in [5.41, 5.74) is 8.08. The van der Waals surface area contributed by atoms with Crippen molar-refractivity contribution in [2.75, 3.05) is 18.4 Å². The molecule has 3 rings (SSSR count). The number of nitrogens with two attached hydrogens (primary N) is 1. The third kappa shape index (κ3) is 2.56. The van der Waals surface area contributed by atoms with Gasteiger partial charge in [0.05, 0.1) is 5.52 Å². The van der Waals surface area contributed by atoms with E-state index in [4.69, 9.17) is 5.73 Å². The first-order chi connectivity index (χ1) is 9.38. The van der Waals surface area contributed by atoms with Gasteiger partial charge >= 0.3 is 0 Å². The average Bonchev–Trinajstić information content (AvgIpc) is 2.92. The smallest absolute Gasteiger partial charge is 0.0722 e. The maximum absolute atomic E-state index is 5.85. The molecule has 100 valence electrons. The van der Waals surface area contributed by atoms with Gasteiger partial charge in [-0.15, -0.1) is 0 Å². The largest absolute Gasteiger partial charge is 0.384 e. The SMILES string of the molecule is NCC1CCCC1CNc1ccnc2ccccc12. The Morgan fingerprint density at radius 3 is 2.89 bits per heavy atom. The summed E-state index contributed by atoms with van der Waals surface area (Å²) in [5, 5.41) is 4.80. The molecule has 1 saturated carbocycles. The lowest BCUT2D eigenvalue weighted by Gasteiger charge is -2.19. The van der Waals surface area contributed by atoms with Crippen LogP contribution in [-0.2, 0) is 0 Å². The van der Waals surface area contributed by atoms with Crippen LogP contribution < -0.4 is 11.1 Å². The van der Waals surface area contributed by atoms with Crippen molar-refractivity contribution in [1.29, 1.82) is 0 Å². The molecule has 1 aromatic carbocycles. The number of nitrogens with zero attached hydrogens (tertiary/aromatic N) is 1. The Bertz CT molecular complexity index is 547. The summed E-state index contributed by atoms with van der Waals surface area (Å²) < 4.78 is 0. The Morgan fingerprint density at radius 1 is 1.16 bits per heavy atom. The van der Waals surface area contributed by atoms with E-state index in [1.807, 2.05) is 12.3 Å². The summed E-state index contributed by atoms with van der Waals surface area (Å²) in [6, 6.07) is 10.3. The number of para-hydroxylation sites is 1. The van der Waals surface area contributed by atoms with E-state index in [1.165, 1.54) is 30.3 Å². The van der Waals surface area contributed by atoms with Gasteiger partial charge in [-0.3, -0.25) is 4.98 Å². The van der Waals surface area contributed by atoms with Crippen molar-refractivity contribution in [2.24, 2.45) is 17.6 Å². The van der Waals surface area contributed by atoms with Gasteiger partial charge in [0.25, 0.3) is 0 Å². The van der Waals surface area contributed by atoms with Crippen LogP contribution in [0.5, 0.6) is 0 Å². The van der Waals surface area contributed by atoms with Crippen LogP contribution in [0.4, 0.5) is 5.69 Å². The van der Waals surface area contributed by atoms with Crippen LogP contribution in [0.3, 0.4) is 0 Å². The Morgan fingerprint density at radius 2 is 2.00 bits per heavy atom. The molecule has 0 aliphatic heterocycles. The Labute approximate surface area is 114 Å². The molecule has 1 fully saturated rings. The third-order valence-corrected chi connectivity index (χ3v) is 4.32. The Hall–Kier alpha value is -1.61. The summed E-state index contributed by atoms with van der Waals surface area (Å²) in [4.78, 5) is 4.39. The molecular weight excluding hydrogens is 234 g/mol. The molecule has 0 amide bonds. The standard InChI is InChI=1S/C16H21N3/c17-10-12-4-3-5-13(12)11-19-16-8-9-18-15-7-2-1-6-14(15)16/h1-2,6-9,12-13H,3-5,10-11,17H2,(H,18,19). The molecule has 1 aliphatic rings. The van der Waals surface area contributed by atoms with E-state index in [2.05, 4.69) is 34.6 Å². The number of fused-ring (bicyclic) bond motifs is 1. The van der Waals surface area contributed by atoms with Gasteiger partial charge in [0.15, 0.2) is 0 Å². The number of anilines is 1. The maximum Gasteiger partial charge on any atom is 0.0722 e. The van der Waals surface area contributed by atoms with E-state index in [-0.39, 0.29) is 0 Å². The summed E-state index contributed by atoms with van der Waals surface area (Å²) in [6.45, 7) is 1.85. The zero-order valence-corrected chi connectivity index (χ0v) is 11.2. The van der Waals surface area contributed by atoms with Crippen molar-refractivity contribution in [3.63, 3.8) is 0 Å². The van der Waals surface area contributed by atoms with E-state index in [0.29, 0.717) is 5.92 Å². The highest BCUT2D eigenvalue weighted by Crippen LogP contribution is 2.31. The summed E-state index contributed by atoms with van der Waals surface area (Å²) >= 11 is 0. The van der Waals surface area contributed by atoms with E-state index in [0.717, 1.165) is 24.5 Å². The van der Waals surface area contributed by atoms with Gasteiger partial charge < -0.3 is 11.1 Å². The highest BCUT2D eigenvalue weighted by molar-refractivity contribution is 5.90. The zero-order valence-electron chi connectivity index (χ0n) is 11.2. The van der Waals surface area contributed by atoms with Gasteiger partial charge in [-0.25, -0.2) is 0 Å². The first kappa shape index (κ1) is 12.4. The highest BCUT2D eigenvalue weighted by Gasteiger charge is 2.25. The third-order valence-electron chi connectivity index (χ3n) is 4.32. The quantitative estimate of drug-likeness (QED) is 0.883. The molecule has 0 radical (unpaired) electrons. The van der Waals surface area contributed by atoms with Gasteiger partial charge in [0.2, 0.25) is 0 Å². The van der Waals surface area contributed by atoms with Crippen LogP contribution in [0.1, 0.15) is 19.3 Å². The molecule has 19 heavy (non-hydrogen) atoms. The molecular formula is C16H21N3. The van der Waals surface area contributed by atoms with Crippen molar-refractivity contribution in [3.8, 4) is 0 Å². The van der Waals surface area contributed by atoms with Gasteiger partial charge in [-0.05, 0) is 43.4 Å². The van der Waals surface area contributed by atoms with E-state index in [1.54, 1.807) is 0 Å². The van der Waals surface area contributed by atoms with Gasteiger partial charge in [0, 0.05) is 23.8 Å². The summed E-state index contributed by atoms with van der Waals surface area (Å²) in [7, 11) is 0. The van der Waals surface area contributed by atoms with Crippen molar-refractivity contribution in [2.45, 2.75) is 19.3 Å². The zero-order chi connectivity index (χ0) is 13.1. The number of hydrogen-bond donors (Lipinski definition) is 2. The number of pyridine rings is 1. The van der Waals surface area contributed by atoms with Gasteiger partial charge in [0.1, 0.15) is 0 Å². The van der Waals surface area contributed by atoms with Crippen LogP contribution in [0, 0.1) is 11.8 Å². The van der Waals surface area contributed by atoms with Crippen LogP contribution in [-0.4, -0.2) is 18.1 Å². The number of nitrogens with one attached hydrogen (secondary N) is 1. The summed E-state index contributed by atoms with van der Waals surface area (Å²) in [6.07, 6.45) is 5.79. The van der Waals surface area contributed by atoms with E-state index in [9.17, 15) is 0 Å². The fourth-order valence-electron chi connectivity index (χ4n) is 3.18. The molecule has 3 heteroatoms. The fraction of sp³-hybridized carbons (Fsp3) is 0.438. The number of benzene rings is 1. The van der Waals surface area contributed by atoms with E-state index >= 15 is 0 Å². The molecule has 1 heterocycles. The average molecular weight is 255 g/mol. The molecule has 2 unspecified atom stereocenters. The molecule has 0 bridgehead atoms. The molecule has 1 aromatic heterocycles. The van der Waals surface area contributed by atoms with Crippen LogP contribution in [0.15, 0.2) is 36.5 Å². The molecule has 2 atom stereocenters. The number of hydrogen-bond acceptors (Lipinski definition) is 3. The van der Waals surface area contributed by atoms with Crippen molar-refractivity contribution in [3.05, 3.63) is 36.5 Å². The predicted octanol–water partition coefficient (Wildman–Crippen LogP) is 3.02. The maximum atomic E-state index is 5.85. The minimum absolute atomic E-state index is 0.695. The minimum Gasteiger partial charge on any atom is -0.384 e.